The van der Waals surface area contributed by atoms with Crippen LogP contribution < -0.4 is 10.1 Å². The summed E-state index contributed by atoms with van der Waals surface area (Å²) in [5.74, 6) is 1.67. The van der Waals surface area contributed by atoms with E-state index >= 15 is 0 Å². The fourth-order valence-electron chi connectivity index (χ4n) is 3.12. The Kier molecular flexibility index (Phi) is 6.39. The topological polar surface area (TPSA) is 78.3 Å². The Bertz CT molecular complexity index is 821. The van der Waals surface area contributed by atoms with Gasteiger partial charge in [-0.3, -0.25) is 9.36 Å². The predicted octanol–water partition coefficient (Wildman–Crippen LogP) is 3.23. The summed E-state index contributed by atoms with van der Waals surface area (Å²) in [6, 6.07) is 7.74. The molecule has 1 aromatic heterocycles. The number of carbonyl (C=O) groups excluding carboxylic acids is 1. The van der Waals surface area contributed by atoms with Gasteiger partial charge in [0.15, 0.2) is 11.0 Å². The Labute approximate surface area is 173 Å². The minimum absolute atomic E-state index is 0.0142. The molecule has 0 spiro atoms. The van der Waals surface area contributed by atoms with Crippen molar-refractivity contribution in [1.29, 1.82) is 0 Å². The van der Waals surface area contributed by atoms with E-state index in [1.54, 1.807) is 6.07 Å². The molecule has 2 aromatic rings. The number of halogens is 1. The molecule has 9 heteroatoms. The zero-order valence-corrected chi connectivity index (χ0v) is 17.0. The van der Waals surface area contributed by atoms with Gasteiger partial charge < -0.3 is 14.8 Å². The number of benzene rings is 1. The summed E-state index contributed by atoms with van der Waals surface area (Å²) in [5.41, 5.74) is 0. The highest BCUT2D eigenvalue weighted by Gasteiger charge is 2.30. The highest BCUT2D eigenvalue weighted by Crippen LogP contribution is 2.39. The summed E-state index contributed by atoms with van der Waals surface area (Å²) in [6.07, 6.45) is 4.42. The van der Waals surface area contributed by atoms with Gasteiger partial charge in [0.1, 0.15) is 12.4 Å². The third kappa shape index (κ3) is 4.98. The lowest BCUT2D eigenvalue weighted by molar-refractivity contribution is -0.119. The van der Waals surface area contributed by atoms with Crippen LogP contribution >= 0.6 is 23.4 Å². The van der Waals surface area contributed by atoms with Gasteiger partial charge in [-0.15, -0.1) is 10.2 Å². The minimum Gasteiger partial charge on any atom is -0.484 e. The molecule has 0 radical (unpaired) electrons. The largest absolute Gasteiger partial charge is 0.484 e. The van der Waals surface area contributed by atoms with Gasteiger partial charge in [-0.2, -0.15) is 0 Å². The van der Waals surface area contributed by atoms with Crippen molar-refractivity contribution in [2.24, 2.45) is 0 Å². The Hall–Kier alpha value is -1.77. The number of rotatable bonds is 9. The molecule has 1 aromatic carbocycles. The summed E-state index contributed by atoms with van der Waals surface area (Å²) in [5, 5.41) is 12.8. The van der Waals surface area contributed by atoms with Crippen LogP contribution in [-0.4, -0.2) is 45.7 Å². The molecular formula is C19H23ClN4O3S. The fourth-order valence-corrected chi connectivity index (χ4v) is 4.17. The van der Waals surface area contributed by atoms with Crippen LogP contribution in [0.4, 0.5) is 0 Å². The maximum atomic E-state index is 12.1. The van der Waals surface area contributed by atoms with Gasteiger partial charge in [0, 0.05) is 19.2 Å². The van der Waals surface area contributed by atoms with E-state index < -0.39 is 0 Å². The Morgan fingerprint density at radius 3 is 2.93 bits per heavy atom. The zero-order valence-electron chi connectivity index (χ0n) is 15.5. The molecule has 1 atom stereocenters. The van der Waals surface area contributed by atoms with E-state index in [0.717, 1.165) is 43.3 Å². The number of aromatic nitrogens is 3. The quantitative estimate of drug-likeness (QED) is 0.625. The number of ether oxygens (including phenoxy) is 2. The highest BCUT2D eigenvalue weighted by atomic mass is 35.5. The predicted molar refractivity (Wildman–Crippen MR) is 107 cm³/mol. The number of hydrogen-bond acceptors (Lipinski definition) is 6. The van der Waals surface area contributed by atoms with Gasteiger partial charge in [-0.1, -0.05) is 35.5 Å². The number of carbonyl (C=O) groups is 1. The third-order valence-corrected chi connectivity index (χ3v) is 5.98. The van der Waals surface area contributed by atoms with Crippen LogP contribution in [0.15, 0.2) is 29.4 Å². The van der Waals surface area contributed by atoms with Crippen molar-refractivity contribution in [3.05, 3.63) is 35.1 Å². The first kappa shape index (κ1) is 19.5. The van der Waals surface area contributed by atoms with Crippen LogP contribution in [0, 0.1) is 0 Å². The van der Waals surface area contributed by atoms with Crippen LogP contribution in [-0.2, 0) is 16.1 Å². The van der Waals surface area contributed by atoms with Gasteiger partial charge >= 0.3 is 0 Å². The average Bonchev–Trinajstić information content (AvgIpc) is 3.24. The molecule has 2 fully saturated rings. The van der Waals surface area contributed by atoms with Gasteiger partial charge in [0.05, 0.1) is 16.9 Å². The van der Waals surface area contributed by atoms with E-state index in [-0.39, 0.29) is 12.0 Å². The second-order valence-corrected chi connectivity index (χ2v) is 8.30. The van der Waals surface area contributed by atoms with E-state index in [2.05, 4.69) is 20.1 Å². The van der Waals surface area contributed by atoms with Gasteiger partial charge in [-0.25, -0.2) is 0 Å². The molecule has 0 bridgehead atoms. The first-order chi connectivity index (χ1) is 13.7. The normalized spacial score (nSPS) is 19.0. The second-order valence-electron chi connectivity index (χ2n) is 6.95. The summed E-state index contributed by atoms with van der Waals surface area (Å²) in [4.78, 5) is 12.1. The van der Waals surface area contributed by atoms with Gasteiger partial charge in [0.25, 0.3) is 0 Å². The minimum atomic E-state index is -0.0142. The first-order valence-corrected chi connectivity index (χ1v) is 10.9. The maximum absolute atomic E-state index is 12.1. The highest BCUT2D eigenvalue weighted by molar-refractivity contribution is 7.99. The maximum Gasteiger partial charge on any atom is 0.230 e. The molecule has 7 nitrogen and oxygen atoms in total. The number of para-hydroxylation sites is 1. The molecule has 4 rings (SSSR count). The fraction of sp³-hybridized carbons (Fsp3) is 0.526. The van der Waals surface area contributed by atoms with E-state index in [1.165, 1.54) is 11.8 Å². The smallest absolute Gasteiger partial charge is 0.230 e. The van der Waals surface area contributed by atoms with Crippen molar-refractivity contribution >= 4 is 29.3 Å². The van der Waals surface area contributed by atoms with E-state index in [0.29, 0.717) is 35.7 Å². The Morgan fingerprint density at radius 1 is 1.32 bits per heavy atom. The van der Waals surface area contributed by atoms with Crippen LogP contribution in [0.1, 0.15) is 37.5 Å². The monoisotopic (exact) mass is 422 g/mol. The lowest BCUT2D eigenvalue weighted by Crippen LogP contribution is -2.32. The SMILES string of the molecule is O=C(CSc1nnc(COc2ccccc2Cl)n1C1CC1)NC[C@H]1CCCO1. The van der Waals surface area contributed by atoms with Crippen molar-refractivity contribution in [2.45, 2.75) is 49.6 Å². The molecule has 0 unspecified atom stereocenters. The van der Waals surface area contributed by atoms with Crippen molar-refractivity contribution < 1.29 is 14.3 Å². The number of nitrogens with one attached hydrogen (secondary N) is 1. The molecule has 1 saturated heterocycles. The average molecular weight is 423 g/mol. The zero-order chi connectivity index (χ0) is 19.3. The van der Waals surface area contributed by atoms with Crippen LogP contribution in [0.5, 0.6) is 5.75 Å². The summed E-state index contributed by atoms with van der Waals surface area (Å²) in [6.45, 7) is 1.66. The van der Waals surface area contributed by atoms with Crippen molar-refractivity contribution in [3.63, 3.8) is 0 Å². The molecule has 1 aliphatic heterocycles. The number of nitrogens with zero attached hydrogens (tertiary/aromatic N) is 3. The molecule has 28 heavy (non-hydrogen) atoms. The molecule has 1 aliphatic carbocycles. The van der Waals surface area contributed by atoms with E-state index in [1.807, 2.05) is 18.2 Å². The standard InChI is InChI=1S/C19H23ClN4O3S/c20-15-5-1-2-6-16(15)27-11-17-22-23-19(24(17)13-7-8-13)28-12-18(25)21-10-14-4-3-9-26-14/h1-2,5-6,13-14H,3-4,7-12H2,(H,21,25)/t14-/m1/s1. The molecule has 1 saturated carbocycles. The lowest BCUT2D eigenvalue weighted by Gasteiger charge is -2.12. The van der Waals surface area contributed by atoms with Crippen molar-refractivity contribution in [1.82, 2.24) is 20.1 Å². The number of amides is 1. The van der Waals surface area contributed by atoms with Crippen molar-refractivity contribution in [3.8, 4) is 5.75 Å². The summed E-state index contributed by atoms with van der Waals surface area (Å²) >= 11 is 7.55. The summed E-state index contributed by atoms with van der Waals surface area (Å²) in [7, 11) is 0. The van der Waals surface area contributed by atoms with Crippen LogP contribution in [0.3, 0.4) is 0 Å². The molecule has 2 heterocycles. The van der Waals surface area contributed by atoms with Gasteiger partial charge in [-0.05, 0) is 37.8 Å². The Morgan fingerprint density at radius 2 is 2.18 bits per heavy atom. The summed E-state index contributed by atoms with van der Waals surface area (Å²) < 4.78 is 13.4. The molecule has 150 valence electrons. The van der Waals surface area contributed by atoms with Crippen LogP contribution in [0.25, 0.3) is 0 Å². The van der Waals surface area contributed by atoms with Gasteiger partial charge in [0.2, 0.25) is 5.91 Å². The molecule has 1 amide bonds. The molecular weight excluding hydrogens is 400 g/mol. The lowest BCUT2D eigenvalue weighted by atomic mass is 10.2. The number of hydrogen-bond donors (Lipinski definition) is 1. The molecule has 1 N–H and O–H groups in total. The second kappa shape index (κ2) is 9.15. The van der Waals surface area contributed by atoms with E-state index in [4.69, 9.17) is 21.1 Å². The van der Waals surface area contributed by atoms with E-state index in [9.17, 15) is 4.79 Å². The van der Waals surface area contributed by atoms with Crippen LogP contribution in [0.2, 0.25) is 5.02 Å². The number of thioether (sulfide) groups is 1. The van der Waals surface area contributed by atoms with Crippen molar-refractivity contribution in [2.75, 3.05) is 18.9 Å². The first-order valence-electron chi connectivity index (χ1n) is 9.53. The Balaban J connectivity index is 1.32. The molecule has 2 aliphatic rings. The third-order valence-electron chi connectivity index (χ3n) is 4.72.